The van der Waals surface area contributed by atoms with Gasteiger partial charge in [-0.15, -0.1) is 0 Å². The van der Waals surface area contributed by atoms with Crippen LogP contribution in [0.25, 0.3) is 0 Å². The number of anilines is 1. The molecule has 7 nitrogen and oxygen atoms in total. The molecule has 2 amide bonds. The highest BCUT2D eigenvalue weighted by Gasteiger charge is 2.33. The normalized spacial score (nSPS) is 12.8. The predicted molar refractivity (Wildman–Crippen MR) is 156 cm³/mol. The molecule has 0 aliphatic rings. The van der Waals surface area contributed by atoms with Gasteiger partial charge >= 0.3 is 0 Å². The fraction of sp³-hybridized carbons (Fsp3) is 0.355. The standard InChI is InChI=1S/C31H39N3O4S/c1-6-24(4)32-31(36)25(5)33(21-26-15-13-14-23(3)20-26)30(35)22-34(29-19-12-11-16-27(29)7-2)39(37,38)28-17-9-8-10-18-28/h8-20,24-25H,6-7,21-22H2,1-5H3,(H,32,36)/t24-,25+/m0/s1. The second-order valence-corrected chi connectivity index (χ2v) is 11.7. The van der Waals surface area contributed by atoms with Crippen molar-refractivity contribution in [2.24, 2.45) is 0 Å². The Balaban J connectivity index is 2.05. The van der Waals surface area contributed by atoms with Crippen LogP contribution < -0.4 is 9.62 Å². The third kappa shape index (κ3) is 7.47. The van der Waals surface area contributed by atoms with Crippen LogP contribution in [0.1, 0.15) is 50.8 Å². The van der Waals surface area contributed by atoms with Crippen LogP contribution in [0.5, 0.6) is 0 Å². The summed E-state index contributed by atoms with van der Waals surface area (Å²) in [6, 6.07) is 22.2. The lowest BCUT2D eigenvalue weighted by atomic mass is 10.1. The highest BCUT2D eigenvalue weighted by atomic mass is 32.2. The Hall–Kier alpha value is -3.65. The molecule has 208 valence electrons. The predicted octanol–water partition coefficient (Wildman–Crippen LogP) is 5.08. The molecule has 0 aliphatic carbocycles. The first kappa shape index (κ1) is 29.9. The summed E-state index contributed by atoms with van der Waals surface area (Å²) in [6.07, 6.45) is 1.34. The van der Waals surface area contributed by atoms with Crippen LogP contribution in [0.3, 0.4) is 0 Å². The molecule has 2 atom stereocenters. The molecule has 0 saturated carbocycles. The van der Waals surface area contributed by atoms with Crippen LogP contribution in [-0.2, 0) is 32.6 Å². The molecule has 8 heteroatoms. The zero-order valence-electron chi connectivity index (χ0n) is 23.4. The van der Waals surface area contributed by atoms with Crippen LogP contribution in [-0.4, -0.2) is 43.8 Å². The minimum atomic E-state index is -4.08. The van der Waals surface area contributed by atoms with Crippen molar-refractivity contribution in [3.8, 4) is 0 Å². The van der Waals surface area contributed by atoms with Crippen molar-refractivity contribution in [3.05, 3.63) is 95.6 Å². The van der Waals surface area contributed by atoms with Crippen molar-refractivity contribution >= 4 is 27.5 Å². The van der Waals surface area contributed by atoms with Gasteiger partial charge in [0.15, 0.2) is 0 Å². The number of sulfonamides is 1. The number of para-hydroxylation sites is 1. The molecule has 3 aromatic carbocycles. The summed E-state index contributed by atoms with van der Waals surface area (Å²) in [6.45, 7) is 9.20. The van der Waals surface area contributed by atoms with Crippen molar-refractivity contribution < 1.29 is 18.0 Å². The number of rotatable bonds is 12. The van der Waals surface area contributed by atoms with Gasteiger partial charge in [-0.3, -0.25) is 13.9 Å². The van der Waals surface area contributed by atoms with Crippen LogP contribution in [0, 0.1) is 6.92 Å². The van der Waals surface area contributed by atoms with Gasteiger partial charge in [0.05, 0.1) is 10.6 Å². The Morgan fingerprint density at radius 2 is 1.56 bits per heavy atom. The molecule has 0 spiro atoms. The molecular weight excluding hydrogens is 510 g/mol. The molecule has 0 heterocycles. The first-order chi connectivity index (χ1) is 18.6. The summed E-state index contributed by atoms with van der Waals surface area (Å²) in [5, 5.41) is 2.96. The highest BCUT2D eigenvalue weighted by molar-refractivity contribution is 7.92. The van der Waals surface area contributed by atoms with Crippen molar-refractivity contribution in [3.63, 3.8) is 0 Å². The zero-order chi connectivity index (χ0) is 28.6. The number of aryl methyl sites for hydroxylation is 2. The van der Waals surface area contributed by atoms with Gasteiger partial charge in [0.2, 0.25) is 11.8 Å². The van der Waals surface area contributed by atoms with Crippen LogP contribution >= 0.6 is 0 Å². The van der Waals surface area contributed by atoms with Gasteiger partial charge < -0.3 is 10.2 Å². The van der Waals surface area contributed by atoms with E-state index in [1.54, 1.807) is 37.3 Å². The summed E-state index contributed by atoms with van der Waals surface area (Å²) in [4.78, 5) is 28.7. The van der Waals surface area contributed by atoms with Crippen molar-refractivity contribution in [2.45, 2.75) is 71.0 Å². The highest BCUT2D eigenvalue weighted by Crippen LogP contribution is 2.28. The second kappa shape index (κ2) is 13.4. The monoisotopic (exact) mass is 549 g/mol. The molecule has 1 N–H and O–H groups in total. The summed E-state index contributed by atoms with van der Waals surface area (Å²) in [5.74, 6) is -0.745. The molecule has 3 rings (SSSR count). The Labute approximate surface area is 232 Å². The van der Waals surface area contributed by atoms with E-state index in [1.165, 1.54) is 21.3 Å². The van der Waals surface area contributed by atoms with Gasteiger partial charge in [-0.05, 0) is 62.9 Å². The van der Waals surface area contributed by atoms with Gasteiger partial charge in [0, 0.05) is 12.6 Å². The van der Waals surface area contributed by atoms with Crippen LogP contribution in [0.4, 0.5) is 5.69 Å². The van der Waals surface area contributed by atoms with Crippen LogP contribution in [0.2, 0.25) is 0 Å². The minimum absolute atomic E-state index is 0.0535. The lowest BCUT2D eigenvalue weighted by molar-refractivity contribution is -0.139. The fourth-order valence-electron chi connectivity index (χ4n) is 4.34. The average molecular weight is 550 g/mol. The van der Waals surface area contributed by atoms with Gasteiger partial charge in [-0.2, -0.15) is 0 Å². The number of amides is 2. The maximum absolute atomic E-state index is 14.0. The molecule has 3 aromatic rings. The lowest BCUT2D eigenvalue weighted by Gasteiger charge is -2.33. The molecule has 0 aliphatic heterocycles. The van der Waals surface area contributed by atoms with Crippen molar-refractivity contribution in [1.29, 1.82) is 0 Å². The largest absolute Gasteiger partial charge is 0.352 e. The summed E-state index contributed by atoms with van der Waals surface area (Å²) in [7, 11) is -4.08. The number of benzene rings is 3. The second-order valence-electron chi connectivity index (χ2n) is 9.81. The average Bonchev–Trinajstić information content (AvgIpc) is 2.94. The smallest absolute Gasteiger partial charge is 0.264 e. The number of nitrogens with zero attached hydrogens (tertiary/aromatic N) is 2. The molecular formula is C31H39N3O4S. The van der Waals surface area contributed by atoms with Crippen LogP contribution in [0.15, 0.2) is 83.8 Å². The van der Waals surface area contributed by atoms with E-state index in [4.69, 9.17) is 0 Å². The summed E-state index contributed by atoms with van der Waals surface area (Å²) < 4.78 is 29.0. The summed E-state index contributed by atoms with van der Waals surface area (Å²) >= 11 is 0. The molecule has 0 unspecified atom stereocenters. The molecule has 0 radical (unpaired) electrons. The molecule has 0 saturated heterocycles. The van der Waals surface area contributed by atoms with E-state index in [-0.39, 0.29) is 23.4 Å². The van der Waals surface area contributed by atoms with E-state index in [1.807, 2.05) is 64.1 Å². The number of hydrogen-bond donors (Lipinski definition) is 1. The Kier molecular flexibility index (Phi) is 10.3. The third-order valence-corrected chi connectivity index (χ3v) is 8.63. The third-order valence-electron chi connectivity index (χ3n) is 6.86. The Morgan fingerprint density at radius 3 is 2.21 bits per heavy atom. The Morgan fingerprint density at radius 1 is 0.897 bits per heavy atom. The quantitative estimate of drug-likeness (QED) is 0.341. The number of carbonyl (C=O) groups excluding carboxylic acids is 2. The van der Waals surface area contributed by atoms with Gasteiger partial charge in [-0.1, -0.05) is 80.1 Å². The van der Waals surface area contributed by atoms with Gasteiger partial charge in [0.1, 0.15) is 12.6 Å². The first-order valence-electron chi connectivity index (χ1n) is 13.4. The maximum Gasteiger partial charge on any atom is 0.264 e. The van der Waals surface area contributed by atoms with Gasteiger partial charge in [-0.25, -0.2) is 8.42 Å². The van der Waals surface area contributed by atoms with E-state index in [2.05, 4.69) is 5.32 Å². The number of nitrogens with one attached hydrogen (secondary N) is 1. The number of hydrogen-bond acceptors (Lipinski definition) is 4. The minimum Gasteiger partial charge on any atom is -0.352 e. The molecule has 39 heavy (non-hydrogen) atoms. The van der Waals surface area contributed by atoms with Gasteiger partial charge in [0.25, 0.3) is 10.0 Å². The van der Waals surface area contributed by atoms with Crippen molar-refractivity contribution in [1.82, 2.24) is 10.2 Å². The summed E-state index contributed by atoms with van der Waals surface area (Å²) in [5.41, 5.74) is 3.14. The molecule has 0 fully saturated rings. The SMILES string of the molecule is CCc1ccccc1N(CC(=O)N(Cc1cccc(C)c1)[C@H](C)C(=O)N[C@@H](C)CC)S(=O)(=O)c1ccccc1. The van der Waals surface area contributed by atoms with E-state index in [0.717, 1.165) is 23.1 Å². The number of carbonyl (C=O) groups is 2. The first-order valence-corrected chi connectivity index (χ1v) is 14.8. The van der Waals surface area contributed by atoms with E-state index >= 15 is 0 Å². The fourth-order valence-corrected chi connectivity index (χ4v) is 5.81. The topological polar surface area (TPSA) is 86.8 Å². The molecule has 0 aromatic heterocycles. The Bertz CT molecular complexity index is 1380. The van der Waals surface area contributed by atoms with E-state index in [0.29, 0.717) is 12.1 Å². The van der Waals surface area contributed by atoms with E-state index in [9.17, 15) is 18.0 Å². The molecule has 0 bridgehead atoms. The van der Waals surface area contributed by atoms with E-state index < -0.39 is 28.5 Å². The zero-order valence-corrected chi connectivity index (χ0v) is 24.2. The van der Waals surface area contributed by atoms with Crippen molar-refractivity contribution in [2.75, 3.05) is 10.8 Å². The lowest BCUT2D eigenvalue weighted by Crippen LogP contribution is -2.52. The maximum atomic E-state index is 14.0.